The predicted octanol–water partition coefficient (Wildman–Crippen LogP) is 2.41. The highest BCUT2D eigenvalue weighted by Gasteiger charge is 2.23. The van der Waals surface area contributed by atoms with Gasteiger partial charge < -0.3 is 16.8 Å². The first kappa shape index (κ1) is 12.2. The van der Waals surface area contributed by atoms with Crippen LogP contribution in [0.25, 0.3) is 5.57 Å². The van der Waals surface area contributed by atoms with Crippen LogP contribution in [0.15, 0.2) is 42.1 Å². The number of allylic oxidation sites excluding steroid dienone is 2. The maximum atomic E-state index is 6.06. The van der Waals surface area contributed by atoms with Crippen LogP contribution < -0.4 is 16.8 Å². The normalized spacial score (nSPS) is 23.9. The second-order valence-corrected chi connectivity index (χ2v) is 5.68. The molecule has 0 aliphatic heterocycles. The third-order valence-corrected chi connectivity index (χ3v) is 3.36. The van der Waals surface area contributed by atoms with Gasteiger partial charge >= 0.3 is 0 Å². The summed E-state index contributed by atoms with van der Waals surface area (Å²) in [5.74, 6) is 0. The van der Waals surface area contributed by atoms with Crippen LogP contribution in [0.4, 0.5) is 5.69 Å². The maximum absolute atomic E-state index is 6.06. The highest BCUT2D eigenvalue weighted by atomic mass is 79.9. The summed E-state index contributed by atoms with van der Waals surface area (Å²) in [6.07, 6.45) is 4.53. The molecule has 1 unspecified atom stereocenters. The monoisotopic (exact) mass is 293 g/mol. The van der Waals surface area contributed by atoms with Crippen LogP contribution >= 0.6 is 15.9 Å². The number of hydrogen-bond acceptors (Lipinski definition) is 3. The Morgan fingerprint density at radius 3 is 2.47 bits per heavy atom. The summed E-state index contributed by atoms with van der Waals surface area (Å²) < 4.78 is -0.508. The van der Waals surface area contributed by atoms with Crippen molar-refractivity contribution >= 4 is 27.2 Å². The molecule has 0 saturated carbocycles. The van der Waals surface area contributed by atoms with Gasteiger partial charge in [-0.3, -0.25) is 0 Å². The summed E-state index contributed by atoms with van der Waals surface area (Å²) in [4.78, 5) is 0. The van der Waals surface area contributed by atoms with Gasteiger partial charge in [0.05, 0.1) is 4.45 Å². The summed E-state index contributed by atoms with van der Waals surface area (Å²) in [7, 11) is 1.90. The average molecular weight is 294 g/mol. The Morgan fingerprint density at radius 1 is 1.29 bits per heavy atom. The van der Waals surface area contributed by atoms with Gasteiger partial charge in [0.25, 0.3) is 0 Å². The molecule has 2 rings (SSSR count). The number of benzene rings is 1. The molecule has 0 bridgehead atoms. The molecule has 0 radical (unpaired) electrons. The highest BCUT2D eigenvalue weighted by molar-refractivity contribution is 9.10. The number of hydrogen-bond donors (Lipinski definition) is 3. The lowest BCUT2D eigenvalue weighted by molar-refractivity contribution is 0.740. The van der Waals surface area contributed by atoms with Gasteiger partial charge in [0.2, 0.25) is 0 Å². The highest BCUT2D eigenvalue weighted by Crippen LogP contribution is 2.32. The minimum absolute atomic E-state index is 0.508. The largest absolute Gasteiger partial charge is 0.401 e. The number of rotatable bonds is 2. The lowest BCUT2D eigenvalue weighted by Gasteiger charge is -2.24. The van der Waals surface area contributed by atoms with Crippen LogP contribution in [-0.2, 0) is 0 Å². The van der Waals surface area contributed by atoms with Crippen LogP contribution in [0.3, 0.4) is 0 Å². The smallest absolute Gasteiger partial charge is 0.0960 e. The van der Waals surface area contributed by atoms with Gasteiger partial charge in [-0.2, -0.15) is 0 Å². The van der Waals surface area contributed by atoms with Crippen molar-refractivity contribution in [2.24, 2.45) is 11.5 Å². The van der Waals surface area contributed by atoms with Gasteiger partial charge in [-0.05, 0) is 17.7 Å². The van der Waals surface area contributed by atoms with Crippen molar-refractivity contribution in [1.82, 2.24) is 0 Å². The molecule has 0 spiro atoms. The summed E-state index contributed by atoms with van der Waals surface area (Å²) in [6.45, 7) is 0. The molecule has 3 nitrogen and oxygen atoms in total. The van der Waals surface area contributed by atoms with Gasteiger partial charge in [-0.1, -0.05) is 40.2 Å². The van der Waals surface area contributed by atoms with E-state index in [-0.39, 0.29) is 0 Å². The van der Waals surface area contributed by atoms with E-state index in [2.05, 4.69) is 33.4 Å². The zero-order chi connectivity index (χ0) is 12.5. The van der Waals surface area contributed by atoms with E-state index < -0.39 is 4.45 Å². The van der Waals surface area contributed by atoms with E-state index in [4.69, 9.17) is 11.5 Å². The molecular weight excluding hydrogens is 278 g/mol. The minimum atomic E-state index is -0.508. The SMILES string of the molecule is CNc1ccc(C2=C(N)CC(N)(Br)C=C2)cc1. The van der Waals surface area contributed by atoms with Gasteiger partial charge in [-0.25, -0.2) is 0 Å². The molecule has 0 heterocycles. The standard InChI is InChI=1S/C13H16BrN3/c1-17-10-4-2-9(3-5-10)11-6-7-13(14,16)8-12(11)15/h2-7,17H,8,15-16H2,1H3. The topological polar surface area (TPSA) is 64.1 Å². The summed E-state index contributed by atoms with van der Waals surface area (Å²) in [5.41, 5.74) is 16.1. The van der Waals surface area contributed by atoms with E-state index in [0.717, 1.165) is 22.5 Å². The Labute approximate surface area is 110 Å². The lowest BCUT2D eigenvalue weighted by atomic mass is 9.94. The Morgan fingerprint density at radius 2 is 1.94 bits per heavy atom. The predicted molar refractivity (Wildman–Crippen MR) is 76.7 cm³/mol. The number of halogens is 1. The third kappa shape index (κ3) is 2.70. The van der Waals surface area contributed by atoms with Crippen molar-refractivity contribution in [3.05, 3.63) is 47.7 Å². The molecule has 0 fully saturated rings. The summed E-state index contributed by atoms with van der Waals surface area (Å²) in [6, 6.07) is 8.16. The average Bonchev–Trinajstić information content (AvgIpc) is 2.28. The summed E-state index contributed by atoms with van der Waals surface area (Å²) in [5, 5.41) is 3.09. The van der Waals surface area contributed by atoms with E-state index in [1.54, 1.807) is 0 Å². The molecule has 1 aromatic carbocycles. The first-order valence-corrected chi connectivity index (χ1v) is 6.25. The maximum Gasteiger partial charge on any atom is 0.0960 e. The molecule has 1 atom stereocenters. The molecule has 5 N–H and O–H groups in total. The Bertz CT molecular complexity index is 472. The van der Waals surface area contributed by atoms with Crippen LogP contribution in [0.2, 0.25) is 0 Å². The van der Waals surface area contributed by atoms with E-state index in [1.807, 2.05) is 31.3 Å². The molecule has 4 heteroatoms. The fourth-order valence-electron chi connectivity index (χ4n) is 1.87. The van der Waals surface area contributed by atoms with Gasteiger partial charge in [0, 0.05) is 30.4 Å². The molecule has 1 aromatic rings. The van der Waals surface area contributed by atoms with Crippen molar-refractivity contribution in [1.29, 1.82) is 0 Å². The van der Waals surface area contributed by atoms with E-state index in [0.29, 0.717) is 6.42 Å². The Kier molecular flexibility index (Phi) is 3.26. The number of anilines is 1. The minimum Gasteiger partial charge on any atom is -0.401 e. The summed E-state index contributed by atoms with van der Waals surface area (Å²) >= 11 is 3.42. The fourth-order valence-corrected chi connectivity index (χ4v) is 2.31. The van der Waals surface area contributed by atoms with E-state index >= 15 is 0 Å². The Hall–Kier alpha value is -1.26. The van der Waals surface area contributed by atoms with Crippen LogP contribution in [0.1, 0.15) is 12.0 Å². The van der Waals surface area contributed by atoms with Crippen LogP contribution in [-0.4, -0.2) is 11.5 Å². The van der Waals surface area contributed by atoms with Crippen molar-refractivity contribution < 1.29 is 0 Å². The first-order chi connectivity index (χ1) is 8.02. The van der Waals surface area contributed by atoms with E-state index in [9.17, 15) is 0 Å². The molecule has 0 saturated heterocycles. The molecule has 1 aliphatic rings. The van der Waals surface area contributed by atoms with Crippen LogP contribution in [0, 0.1) is 0 Å². The van der Waals surface area contributed by atoms with E-state index in [1.165, 1.54) is 0 Å². The first-order valence-electron chi connectivity index (χ1n) is 5.46. The van der Waals surface area contributed by atoms with Crippen molar-refractivity contribution in [2.45, 2.75) is 10.9 Å². The fraction of sp³-hybridized carbons (Fsp3) is 0.231. The van der Waals surface area contributed by atoms with Crippen LogP contribution in [0.5, 0.6) is 0 Å². The van der Waals surface area contributed by atoms with Crippen molar-refractivity contribution in [3.63, 3.8) is 0 Å². The van der Waals surface area contributed by atoms with Gasteiger partial charge in [0.15, 0.2) is 0 Å². The quantitative estimate of drug-likeness (QED) is 0.580. The van der Waals surface area contributed by atoms with Gasteiger partial charge in [-0.15, -0.1) is 0 Å². The molecule has 1 aliphatic carbocycles. The Balaban J connectivity index is 2.31. The van der Waals surface area contributed by atoms with Gasteiger partial charge in [0.1, 0.15) is 0 Å². The number of nitrogens with two attached hydrogens (primary N) is 2. The number of alkyl halides is 1. The molecule has 17 heavy (non-hydrogen) atoms. The van der Waals surface area contributed by atoms with Crippen molar-refractivity contribution in [3.8, 4) is 0 Å². The molecular formula is C13H16BrN3. The zero-order valence-corrected chi connectivity index (χ0v) is 11.3. The molecule has 90 valence electrons. The molecule has 0 aromatic heterocycles. The third-order valence-electron chi connectivity index (χ3n) is 2.82. The molecule has 0 amide bonds. The lowest BCUT2D eigenvalue weighted by Crippen LogP contribution is -2.33. The second-order valence-electron chi connectivity index (χ2n) is 4.20. The van der Waals surface area contributed by atoms with Crippen molar-refractivity contribution in [2.75, 3.05) is 12.4 Å². The number of nitrogens with one attached hydrogen (secondary N) is 1. The zero-order valence-electron chi connectivity index (χ0n) is 9.70. The second kappa shape index (κ2) is 4.55.